The maximum atomic E-state index is 11.4. The second-order valence-corrected chi connectivity index (χ2v) is 4.66. The second-order valence-electron chi connectivity index (χ2n) is 4.66. The van der Waals surface area contributed by atoms with Gasteiger partial charge in [0.25, 0.3) is 0 Å². The van der Waals surface area contributed by atoms with Gasteiger partial charge in [-0.3, -0.25) is 4.79 Å². The first-order chi connectivity index (χ1) is 8.74. The number of benzene rings is 1. The van der Waals surface area contributed by atoms with Gasteiger partial charge in [-0.05, 0) is 25.3 Å². The summed E-state index contributed by atoms with van der Waals surface area (Å²) in [6, 6.07) is 7.60. The fraction of sp³-hybridized carbons (Fsp3) is 0.286. The largest absolute Gasteiger partial charge is 0.477 e. The van der Waals surface area contributed by atoms with Crippen molar-refractivity contribution in [2.75, 3.05) is 0 Å². The first-order valence-corrected chi connectivity index (χ1v) is 6.05. The van der Waals surface area contributed by atoms with Crippen LogP contribution in [0.2, 0.25) is 0 Å². The molecule has 1 aliphatic carbocycles. The topological polar surface area (TPSA) is 59.3 Å². The monoisotopic (exact) mass is 243 g/mol. The van der Waals surface area contributed by atoms with Crippen molar-refractivity contribution in [1.29, 1.82) is 0 Å². The normalized spacial score (nSPS) is 15.6. The fourth-order valence-electron chi connectivity index (χ4n) is 2.65. The van der Waals surface area contributed by atoms with Crippen molar-refractivity contribution in [2.45, 2.75) is 25.3 Å². The summed E-state index contributed by atoms with van der Waals surface area (Å²) >= 11 is 0. The Labute approximate surface area is 104 Å². The van der Waals surface area contributed by atoms with Gasteiger partial charge < -0.3 is 9.67 Å². The van der Waals surface area contributed by atoms with E-state index in [2.05, 4.69) is 0 Å². The number of para-hydroxylation sites is 1. The predicted molar refractivity (Wildman–Crippen MR) is 67.2 cm³/mol. The maximum Gasteiger partial charge on any atom is 0.353 e. The number of fused-ring (bicyclic) bond motifs is 1. The highest BCUT2D eigenvalue weighted by Crippen LogP contribution is 2.38. The molecule has 0 amide bonds. The zero-order valence-electron chi connectivity index (χ0n) is 9.80. The van der Waals surface area contributed by atoms with E-state index < -0.39 is 5.97 Å². The third kappa shape index (κ3) is 1.38. The molecule has 18 heavy (non-hydrogen) atoms. The van der Waals surface area contributed by atoms with Crippen molar-refractivity contribution >= 4 is 23.2 Å². The number of hydrogen-bond donors (Lipinski definition) is 1. The van der Waals surface area contributed by atoms with Crippen LogP contribution in [0.1, 0.15) is 46.2 Å². The first-order valence-electron chi connectivity index (χ1n) is 6.05. The molecule has 1 fully saturated rings. The van der Waals surface area contributed by atoms with Gasteiger partial charge in [0, 0.05) is 16.9 Å². The molecule has 0 unspecified atom stereocenters. The molecule has 4 nitrogen and oxygen atoms in total. The average molecular weight is 243 g/mol. The van der Waals surface area contributed by atoms with Crippen LogP contribution in [-0.4, -0.2) is 21.9 Å². The van der Waals surface area contributed by atoms with Crippen molar-refractivity contribution in [1.82, 2.24) is 4.57 Å². The molecule has 0 atom stereocenters. The molecule has 0 bridgehead atoms. The van der Waals surface area contributed by atoms with Crippen LogP contribution in [0.3, 0.4) is 0 Å². The van der Waals surface area contributed by atoms with Crippen LogP contribution in [0.25, 0.3) is 10.9 Å². The van der Waals surface area contributed by atoms with Gasteiger partial charge >= 0.3 is 5.97 Å². The van der Waals surface area contributed by atoms with Crippen molar-refractivity contribution < 1.29 is 14.7 Å². The van der Waals surface area contributed by atoms with E-state index in [9.17, 15) is 14.7 Å². The number of hydrogen-bond acceptors (Lipinski definition) is 2. The van der Waals surface area contributed by atoms with Crippen LogP contribution in [0, 0.1) is 0 Å². The summed E-state index contributed by atoms with van der Waals surface area (Å²) in [5.74, 6) is -1.03. The molecule has 1 saturated carbocycles. The molecule has 2 aromatic rings. The molecule has 0 radical (unpaired) electrons. The van der Waals surface area contributed by atoms with E-state index in [-0.39, 0.29) is 11.7 Å². The molecular weight excluding hydrogens is 230 g/mol. The third-order valence-electron chi connectivity index (χ3n) is 3.71. The van der Waals surface area contributed by atoms with E-state index in [1.807, 2.05) is 22.8 Å². The number of carboxylic acids is 1. The van der Waals surface area contributed by atoms with Crippen LogP contribution >= 0.6 is 0 Å². The van der Waals surface area contributed by atoms with Gasteiger partial charge in [-0.15, -0.1) is 0 Å². The zero-order chi connectivity index (χ0) is 12.7. The molecule has 1 aromatic carbocycles. The van der Waals surface area contributed by atoms with E-state index in [1.165, 1.54) is 0 Å². The van der Waals surface area contributed by atoms with Crippen molar-refractivity contribution in [3.63, 3.8) is 0 Å². The molecule has 0 spiro atoms. The fourth-order valence-corrected chi connectivity index (χ4v) is 2.65. The lowest BCUT2D eigenvalue weighted by molar-refractivity contribution is 0.0676. The van der Waals surface area contributed by atoms with Gasteiger partial charge in [-0.1, -0.05) is 18.2 Å². The van der Waals surface area contributed by atoms with Gasteiger partial charge in [0.1, 0.15) is 5.69 Å². The Morgan fingerprint density at radius 1 is 1.33 bits per heavy atom. The lowest BCUT2D eigenvalue weighted by Gasteiger charge is -2.29. The quantitative estimate of drug-likeness (QED) is 0.843. The van der Waals surface area contributed by atoms with Crippen LogP contribution in [0.15, 0.2) is 24.3 Å². The van der Waals surface area contributed by atoms with Crippen molar-refractivity contribution in [3.05, 3.63) is 35.5 Å². The highest BCUT2D eigenvalue weighted by Gasteiger charge is 2.29. The van der Waals surface area contributed by atoms with Crippen LogP contribution in [0.4, 0.5) is 0 Å². The Balaban J connectivity index is 2.38. The SMILES string of the molecule is O=Cc1c(C(=O)O)n(C2CCC2)c2ccccc12. The van der Waals surface area contributed by atoms with E-state index >= 15 is 0 Å². The summed E-state index contributed by atoms with van der Waals surface area (Å²) in [5.41, 5.74) is 1.28. The Morgan fingerprint density at radius 3 is 2.61 bits per heavy atom. The summed E-state index contributed by atoms with van der Waals surface area (Å²) < 4.78 is 1.82. The number of carbonyl (C=O) groups is 2. The summed E-state index contributed by atoms with van der Waals surface area (Å²) in [6.45, 7) is 0. The molecule has 0 aliphatic heterocycles. The minimum atomic E-state index is -1.03. The number of aromatic carboxylic acids is 1. The minimum absolute atomic E-state index is 0.135. The van der Waals surface area contributed by atoms with Gasteiger partial charge in [-0.25, -0.2) is 4.79 Å². The first kappa shape index (κ1) is 11.0. The smallest absolute Gasteiger partial charge is 0.353 e. The van der Waals surface area contributed by atoms with Gasteiger partial charge in [-0.2, -0.15) is 0 Å². The number of carboxylic acid groups (broad SMARTS) is 1. The molecule has 1 aromatic heterocycles. The number of aromatic nitrogens is 1. The number of nitrogens with zero attached hydrogens (tertiary/aromatic N) is 1. The van der Waals surface area contributed by atoms with Crippen LogP contribution < -0.4 is 0 Å². The zero-order valence-corrected chi connectivity index (χ0v) is 9.80. The molecule has 1 N–H and O–H groups in total. The molecule has 1 aliphatic rings. The van der Waals surface area contributed by atoms with E-state index in [0.29, 0.717) is 11.8 Å². The van der Waals surface area contributed by atoms with Gasteiger partial charge in [0.15, 0.2) is 6.29 Å². The average Bonchev–Trinajstić information content (AvgIpc) is 2.62. The molecular formula is C14H13NO3. The van der Waals surface area contributed by atoms with Crippen LogP contribution in [-0.2, 0) is 0 Å². The number of carbonyl (C=O) groups excluding carboxylic acids is 1. The highest BCUT2D eigenvalue weighted by atomic mass is 16.4. The number of aldehydes is 1. The molecule has 92 valence electrons. The van der Waals surface area contributed by atoms with E-state index in [1.54, 1.807) is 6.07 Å². The molecule has 0 saturated heterocycles. The predicted octanol–water partition coefficient (Wildman–Crippen LogP) is 2.88. The lowest BCUT2D eigenvalue weighted by atomic mass is 9.92. The summed E-state index contributed by atoms with van der Waals surface area (Å²) in [4.78, 5) is 22.6. The second kappa shape index (κ2) is 3.98. The van der Waals surface area contributed by atoms with Crippen molar-refractivity contribution in [3.8, 4) is 0 Å². The lowest BCUT2D eigenvalue weighted by Crippen LogP contribution is -2.21. The molecule has 1 heterocycles. The summed E-state index contributed by atoms with van der Waals surface area (Å²) in [6.07, 6.45) is 3.74. The Kier molecular flexibility index (Phi) is 2.44. The Bertz CT molecular complexity index is 638. The third-order valence-corrected chi connectivity index (χ3v) is 3.71. The Hall–Kier alpha value is -2.10. The summed E-state index contributed by atoms with van der Waals surface area (Å²) in [7, 11) is 0. The van der Waals surface area contributed by atoms with Gasteiger partial charge in [0.2, 0.25) is 0 Å². The van der Waals surface area contributed by atoms with Crippen molar-refractivity contribution in [2.24, 2.45) is 0 Å². The number of rotatable bonds is 3. The molecule has 4 heteroatoms. The minimum Gasteiger partial charge on any atom is -0.477 e. The highest BCUT2D eigenvalue weighted by molar-refractivity contribution is 6.08. The van der Waals surface area contributed by atoms with Gasteiger partial charge in [0.05, 0.1) is 5.56 Å². The molecule has 3 rings (SSSR count). The maximum absolute atomic E-state index is 11.4. The van der Waals surface area contributed by atoms with Crippen LogP contribution in [0.5, 0.6) is 0 Å². The van der Waals surface area contributed by atoms with E-state index in [4.69, 9.17) is 0 Å². The van der Waals surface area contributed by atoms with E-state index in [0.717, 1.165) is 30.2 Å². The standard InChI is InChI=1S/C14H13NO3/c16-8-11-10-6-1-2-7-12(10)15(9-4-3-5-9)13(11)14(17)18/h1-2,6-9H,3-5H2,(H,17,18). The summed E-state index contributed by atoms with van der Waals surface area (Å²) in [5, 5.41) is 10.1. The Morgan fingerprint density at radius 2 is 2.06 bits per heavy atom.